The Morgan fingerprint density at radius 1 is 0.447 bits per heavy atom. The van der Waals surface area contributed by atoms with Crippen LogP contribution in [0.25, 0.3) is 11.1 Å². The Morgan fingerprint density at radius 3 is 1.21 bits per heavy atom. The van der Waals surface area contributed by atoms with Gasteiger partial charge >= 0.3 is 0 Å². The number of rotatable bonds is 5. The summed E-state index contributed by atoms with van der Waals surface area (Å²) in [5.41, 5.74) is 9.94. The van der Waals surface area contributed by atoms with Crippen molar-refractivity contribution in [2.75, 3.05) is 9.80 Å². The second kappa shape index (κ2) is 10.4. The first-order valence-electron chi connectivity index (χ1n) is 13.3. The summed E-state index contributed by atoms with van der Waals surface area (Å²) in [5, 5.41) is 0. The fourth-order valence-electron chi connectivity index (χ4n) is 5.52. The van der Waals surface area contributed by atoms with Crippen LogP contribution in [-0.4, -0.2) is 12.1 Å². The first-order valence-corrected chi connectivity index (χ1v) is 13.3. The topological polar surface area (TPSA) is 6.48 Å². The van der Waals surface area contributed by atoms with Gasteiger partial charge in [-0.15, -0.1) is 0 Å². The highest BCUT2D eigenvalue weighted by molar-refractivity contribution is 5.82. The quantitative estimate of drug-likeness (QED) is 0.275. The number of anilines is 2. The van der Waals surface area contributed by atoms with Crippen LogP contribution in [-0.2, 0) is 0 Å². The van der Waals surface area contributed by atoms with Gasteiger partial charge in [0.1, 0.15) is 0 Å². The van der Waals surface area contributed by atoms with Gasteiger partial charge in [0.15, 0.2) is 0 Å². The van der Waals surface area contributed by atoms with E-state index in [2.05, 4.69) is 170 Å². The van der Waals surface area contributed by atoms with Crippen LogP contribution in [0.2, 0.25) is 0 Å². The maximum Gasteiger partial charge on any atom is 0.0769 e. The third kappa shape index (κ3) is 4.62. The molecular weight excluding hydrogens is 460 g/mol. The highest BCUT2D eigenvalue weighted by atomic mass is 15.2. The molecule has 0 aromatic heterocycles. The third-order valence-corrected chi connectivity index (χ3v) is 7.52. The van der Waals surface area contributed by atoms with E-state index in [1.54, 1.807) is 0 Å². The van der Waals surface area contributed by atoms with E-state index >= 15 is 0 Å². The summed E-state index contributed by atoms with van der Waals surface area (Å²) in [7, 11) is 0. The summed E-state index contributed by atoms with van der Waals surface area (Å²) in [6.07, 6.45) is 13.9. The van der Waals surface area contributed by atoms with Crippen LogP contribution in [0, 0.1) is 13.8 Å². The second-order valence-corrected chi connectivity index (χ2v) is 9.98. The molecule has 0 fully saturated rings. The minimum absolute atomic E-state index is 0.0691. The fourth-order valence-corrected chi connectivity index (χ4v) is 5.52. The molecule has 6 rings (SSSR count). The molecular formula is C36H32N2. The molecule has 0 bridgehead atoms. The number of para-hydroxylation sites is 2. The fraction of sp³-hybridized carbons (Fsp3) is 0.111. The van der Waals surface area contributed by atoms with Crippen molar-refractivity contribution in [1.29, 1.82) is 0 Å². The van der Waals surface area contributed by atoms with Crippen molar-refractivity contribution in [3.63, 3.8) is 0 Å². The normalized spacial score (nSPS) is 18.8. The molecule has 0 saturated heterocycles. The lowest BCUT2D eigenvalue weighted by molar-refractivity contribution is 0.652. The molecule has 2 heteroatoms. The van der Waals surface area contributed by atoms with Crippen molar-refractivity contribution in [3.8, 4) is 0 Å². The van der Waals surface area contributed by atoms with E-state index < -0.39 is 0 Å². The molecule has 4 aromatic rings. The molecule has 2 unspecified atom stereocenters. The van der Waals surface area contributed by atoms with E-state index in [-0.39, 0.29) is 12.1 Å². The van der Waals surface area contributed by atoms with Crippen LogP contribution in [0.4, 0.5) is 11.4 Å². The summed E-state index contributed by atoms with van der Waals surface area (Å²) in [6, 6.07) is 38.9. The van der Waals surface area contributed by atoms with Gasteiger partial charge in [0.25, 0.3) is 0 Å². The summed E-state index contributed by atoms with van der Waals surface area (Å²) in [6.45, 7) is 4.39. The molecule has 0 spiro atoms. The van der Waals surface area contributed by atoms with Gasteiger partial charge in [0.2, 0.25) is 0 Å². The maximum atomic E-state index is 2.44. The van der Waals surface area contributed by atoms with Crippen LogP contribution in [0.3, 0.4) is 0 Å². The van der Waals surface area contributed by atoms with Gasteiger partial charge in [-0.25, -0.2) is 0 Å². The van der Waals surface area contributed by atoms with E-state index in [9.17, 15) is 0 Å². The Balaban J connectivity index is 1.53. The Kier molecular flexibility index (Phi) is 6.54. The molecule has 0 amide bonds. The van der Waals surface area contributed by atoms with Gasteiger partial charge in [0, 0.05) is 23.8 Å². The smallest absolute Gasteiger partial charge is 0.0769 e. The minimum atomic E-state index is 0.0691. The SMILES string of the molecule is Cc1ccccc1N1C=CC(c2ccccc2)=CC1C1C=C(c2ccccc2)C=CN1c1ccccc1C. The van der Waals surface area contributed by atoms with Gasteiger partial charge in [-0.2, -0.15) is 0 Å². The van der Waals surface area contributed by atoms with E-state index in [0.717, 1.165) is 0 Å². The molecule has 38 heavy (non-hydrogen) atoms. The Hall–Kier alpha value is -4.56. The summed E-state index contributed by atoms with van der Waals surface area (Å²) >= 11 is 0. The Morgan fingerprint density at radius 2 is 0.816 bits per heavy atom. The minimum Gasteiger partial charge on any atom is -0.338 e. The van der Waals surface area contributed by atoms with Gasteiger partial charge in [-0.3, -0.25) is 0 Å². The van der Waals surface area contributed by atoms with Crippen molar-refractivity contribution < 1.29 is 0 Å². The largest absolute Gasteiger partial charge is 0.338 e. The van der Waals surface area contributed by atoms with Gasteiger partial charge < -0.3 is 9.80 Å². The van der Waals surface area contributed by atoms with Crippen LogP contribution < -0.4 is 9.80 Å². The Labute approximate surface area is 226 Å². The maximum absolute atomic E-state index is 2.44. The van der Waals surface area contributed by atoms with Crippen LogP contribution in [0.5, 0.6) is 0 Å². The van der Waals surface area contributed by atoms with Gasteiger partial charge in [-0.1, -0.05) is 109 Å². The number of hydrogen-bond acceptors (Lipinski definition) is 2. The molecule has 186 valence electrons. The molecule has 2 nitrogen and oxygen atoms in total. The molecule has 2 atom stereocenters. The average molecular weight is 493 g/mol. The lowest BCUT2D eigenvalue weighted by Gasteiger charge is -2.43. The molecule has 2 aliphatic rings. The molecule has 0 N–H and O–H groups in total. The number of allylic oxidation sites excluding steroid dienone is 4. The van der Waals surface area contributed by atoms with Crippen molar-refractivity contribution >= 4 is 22.5 Å². The number of hydrogen-bond donors (Lipinski definition) is 0. The predicted molar refractivity (Wildman–Crippen MR) is 162 cm³/mol. The van der Waals surface area contributed by atoms with Gasteiger partial charge in [-0.05, 0) is 71.5 Å². The predicted octanol–water partition coefficient (Wildman–Crippen LogP) is 8.58. The highest BCUT2D eigenvalue weighted by Gasteiger charge is 2.33. The summed E-state index contributed by atoms with van der Waals surface area (Å²) < 4.78 is 0. The zero-order valence-corrected chi connectivity index (χ0v) is 21.9. The standard InChI is InChI=1S/C36H32N2/c1-27-13-9-11-19-33(27)37-23-21-31(29-15-5-3-6-16-29)25-35(37)36-26-32(30-17-7-4-8-18-30)22-24-38(36)34-20-12-10-14-28(34)2/h3-26,35-36H,1-2H3. The van der Waals surface area contributed by atoms with Crippen molar-refractivity contribution in [3.05, 3.63) is 168 Å². The van der Waals surface area contributed by atoms with Crippen molar-refractivity contribution in [2.24, 2.45) is 0 Å². The van der Waals surface area contributed by atoms with Crippen LogP contribution in [0.15, 0.2) is 146 Å². The molecule has 0 aliphatic carbocycles. The third-order valence-electron chi connectivity index (χ3n) is 7.52. The number of benzene rings is 4. The zero-order valence-electron chi connectivity index (χ0n) is 21.9. The number of nitrogens with zero attached hydrogens (tertiary/aromatic N) is 2. The monoisotopic (exact) mass is 492 g/mol. The molecule has 0 radical (unpaired) electrons. The van der Waals surface area contributed by atoms with E-state index in [1.807, 2.05) is 0 Å². The van der Waals surface area contributed by atoms with Crippen LogP contribution in [0.1, 0.15) is 22.3 Å². The van der Waals surface area contributed by atoms with Gasteiger partial charge in [0.05, 0.1) is 12.1 Å². The summed E-state index contributed by atoms with van der Waals surface area (Å²) in [4.78, 5) is 4.88. The zero-order chi connectivity index (χ0) is 25.9. The summed E-state index contributed by atoms with van der Waals surface area (Å²) in [5.74, 6) is 0. The first-order chi connectivity index (χ1) is 18.7. The highest BCUT2D eigenvalue weighted by Crippen LogP contribution is 2.37. The van der Waals surface area contributed by atoms with E-state index in [4.69, 9.17) is 0 Å². The second-order valence-electron chi connectivity index (χ2n) is 9.98. The average Bonchev–Trinajstić information content (AvgIpc) is 2.98. The van der Waals surface area contributed by atoms with E-state index in [0.29, 0.717) is 0 Å². The molecule has 0 saturated carbocycles. The van der Waals surface area contributed by atoms with Crippen LogP contribution >= 0.6 is 0 Å². The molecule has 2 aliphatic heterocycles. The van der Waals surface area contributed by atoms with E-state index in [1.165, 1.54) is 44.8 Å². The van der Waals surface area contributed by atoms with Crippen molar-refractivity contribution in [2.45, 2.75) is 25.9 Å². The molecule has 2 heterocycles. The first kappa shape index (κ1) is 23.8. The number of aryl methyl sites for hydroxylation is 2. The lowest BCUT2D eigenvalue weighted by Crippen LogP contribution is -2.49. The van der Waals surface area contributed by atoms with Crippen molar-refractivity contribution in [1.82, 2.24) is 0 Å². The Bertz CT molecular complexity index is 1420. The lowest BCUT2D eigenvalue weighted by atomic mass is 9.90. The molecule has 4 aromatic carbocycles.